The molecule has 0 atom stereocenters. The van der Waals surface area contributed by atoms with E-state index < -0.39 is 5.54 Å². The van der Waals surface area contributed by atoms with Crippen molar-refractivity contribution in [2.75, 3.05) is 18.4 Å². The summed E-state index contributed by atoms with van der Waals surface area (Å²) < 4.78 is 0. The van der Waals surface area contributed by atoms with Crippen LogP contribution in [0.1, 0.15) is 56.1 Å². The molecule has 160 valence electrons. The van der Waals surface area contributed by atoms with Gasteiger partial charge in [-0.1, -0.05) is 42.0 Å². The van der Waals surface area contributed by atoms with E-state index in [-0.39, 0.29) is 11.9 Å². The number of nitrogens with zero attached hydrogens (tertiary/aromatic N) is 1. The average molecular weight is 428 g/mol. The largest absolute Gasteiger partial charge is 0.339 e. The molecule has 0 saturated carbocycles. The fourth-order valence-electron chi connectivity index (χ4n) is 3.14. The summed E-state index contributed by atoms with van der Waals surface area (Å²) in [4.78, 5) is 27.0. The Bertz CT molecular complexity index is 949. The van der Waals surface area contributed by atoms with Crippen molar-refractivity contribution in [1.82, 2.24) is 10.2 Å². The Morgan fingerprint density at radius 2 is 1.77 bits per heavy atom. The number of halogens is 1. The zero-order valence-corrected chi connectivity index (χ0v) is 19.1. The highest BCUT2D eigenvalue weighted by atomic mass is 35.5. The second-order valence-corrected chi connectivity index (χ2v) is 8.14. The van der Waals surface area contributed by atoms with E-state index in [4.69, 9.17) is 11.6 Å². The normalized spacial score (nSPS) is 11.0. The van der Waals surface area contributed by atoms with Gasteiger partial charge in [0.2, 0.25) is 0 Å². The van der Waals surface area contributed by atoms with Gasteiger partial charge in [-0.25, -0.2) is 4.79 Å². The van der Waals surface area contributed by atoms with Gasteiger partial charge in [0.25, 0.3) is 5.91 Å². The molecule has 0 bridgehead atoms. The Hall–Kier alpha value is -2.79. The van der Waals surface area contributed by atoms with E-state index in [0.717, 1.165) is 16.7 Å². The van der Waals surface area contributed by atoms with E-state index in [9.17, 15) is 9.59 Å². The van der Waals surface area contributed by atoms with Crippen molar-refractivity contribution < 1.29 is 9.59 Å². The maximum absolute atomic E-state index is 12.7. The highest BCUT2D eigenvalue weighted by molar-refractivity contribution is 6.34. The fraction of sp³-hybridized carbons (Fsp3) is 0.333. The molecule has 6 heteroatoms. The van der Waals surface area contributed by atoms with Gasteiger partial charge in [0.05, 0.1) is 16.1 Å². The first-order valence-electron chi connectivity index (χ1n) is 10.0. The number of nitrogens with one attached hydrogen (secondary N) is 2. The molecule has 2 N–H and O–H groups in total. The minimum Gasteiger partial charge on any atom is -0.339 e. The Kier molecular flexibility index (Phi) is 7.68. The number of anilines is 1. The number of hydrogen-bond acceptors (Lipinski definition) is 2. The van der Waals surface area contributed by atoms with Crippen LogP contribution in [0, 0.1) is 0 Å². The van der Waals surface area contributed by atoms with Gasteiger partial charge in [-0.3, -0.25) is 4.79 Å². The van der Waals surface area contributed by atoms with Gasteiger partial charge in [-0.2, -0.15) is 0 Å². The molecule has 0 aliphatic rings. The van der Waals surface area contributed by atoms with Gasteiger partial charge in [0.15, 0.2) is 0 Å². The second-order valence-electron chi connectivity index (χ2n) is 7.74. The summed E-state index contributed by atoms with van der Waals surface area (Å²) in [7, 11) is 0. The SMILES string of the molecule is C=C(C)c1cccc(C(C)(C)NC(=O)Nc2ccc(Cl)c(C(=O)N(CC)CC)c2)c1. The molecule has 0 spiro atoms. The lowest BCUT2D eigenvalue weighted by atomic mass is 9.92. The highest BCUT2D eigenvalue weighted by Crippen LogP contribution is 2.25. The van der Waals surface area contributed by atoms with Gasteiger partial charge >= 0.3 is 6.03 Å². The highest BCUT2D eigenvalue weighted by Gasteiger charge is 2.24. The maximum Gasteiger partial charge on any atom is 0.319 e. The number of urea groups is 1. The first kappa shape index (κ1) is 23.5. The third-order valence-corrected chi connectivity index (χ3v) is 5.34. The first-order valence-corrected chi connectivity index (χ1v) is 10.4. The zero-order valence-electron chi connectivity index (χ0n) is 18.3. The van der Waals surface area contributed by atoms with E-state index in [1.807, 2.05) is 58.9 Å². The van der Waals surface area contributed by atoms with Crippen molar-refractivity contribution in [3.05, 3.63) is 70.8 Å². The lowest BCUT2D eigenvalue weighted by Gasteiger charge is -2.27. The predicted octanol–water partition coefficient (Wildman–Crippen LogP) is 5.91. The van der Waals surface area contributed by atoms with Crippen LogP contribution in [0.3, 0.4) is 0 Å². The summed E-state index contributed by atoms with van der Waals surface area (Å²) in [5.41, 5.74) is 3.21. The Morgan fingerprint density at radius 3 is 2.37 bits per heavy atom. The van der Waals surface area contributed by atoms with Crippen molar-refractivity contribution in [3.63, 3.8) is 0 Å². The molecular formula is C24H30ClN3O2. The Labute approximate surface area is 184 Å². The molecule has 0 heterocycles. The smallest absolute Gasteiger partial charge is 0.319 e. The standard InChI is InChI=1S/C24H30ClN3O2/c1-7-28(8-2)22(29)20-15-19(12-13-21(20)25)26-23(30)27-24(5,6)18-11-9-10-17(14-18)16(3)4/h9-15H,3,7-8H2,1-2,4-6H3,(H2,26,27,30). The van der Waals surface area contributed by atoms with Gasteiger partial charge in [0.1, 0.15) is 0 Å². The quantitative estimate of drug-likeness (QED) is 0.576. The molecule has 0 fully saturated rings. The van der Waals surface area contributed by atoms with Crippen LogP contribution in [0.5, 0.6) is 0 Å². The van der Waals surface area contributed by atoms with Crippen molar-refractivity contribution in [1.29, 1.82) is 0 Å². The average Bonchev–Trinajstić information content (AvgIpc) is 2.69. The second kappa shape index (κ2) is 9.81. The molecule has 0 aliphatic heterocycles. The number of benzene rings is 2. The number of hydrogen-bond donors (Lipinski definition) is 2. The van der Waals surface area contributed by atoms with Crippen LogP contribution in [-0.4, -0.2) is 29.9 Å². The molecule has 0 saturated heterocycles. The number of carbonyl (C=O) groups excluding carboxylic acids is 2. The molecule has 0 aromatic heterocycles. The molecule has 0 unspecified atom stereocenters. The minimum absolute atomic E-state index is 0.161. The van der Waals surface area contributed by atoms with E-state index >= 15 is 0 Å². The van der Waals surface area contributed by atoms with E-state index in [1.165, 1.54) is 0 Å². The zero-order chi connectivity index (χ0) is 22.5. The number of carbonyl (C=O) groups is 2. The molecule has 0 radical (unpaired) electrons. The van der Waals surface area contributed by atoms with Crippen LogP contribution >= 0.6 is 11.6 Å². The summed E-state index contributed by atoms with van der Waals surface area (Å²) in [6.45, 7) is 14.8. The van der Waals surface area contributed by atoms with Crippen molar-refractivity contribution in [2.24, 2.45) is 0 Å². The predicted molar refractivity (Wildman–Crippen MR) is 125 cm³/mol. The van der Waals surface area contributed by atoms with Crippen LogP contribution in [0.25, 0.3) is 5.57 Å². The summed E-state index contributed by atoms with van der Waals surface area (Å²) >= 11 is 6.23. The summed E-state index contributed by atoms with van der Waals surface area (Å²) in [5, 5.41) is 6.15. The van der Waals surface area contributed by atoms with E-state index in [2.05, 4.69) is 17.2 Å². The van der Waals surface area contributed by atoms with Gasteiger partial charge in [-0.15, -0.1) is 0 Å². The number of amides is 3. The lowest BCUT2D eigenvalue weighted by Crippen LogP contribution is -2.43. The fourth-order valence-corrected chi connectivity index (χ4v) is 3.34. The van der Waals surface area contributed by atoms with Crippen LogP contribution in [0.15, 0.2) is 49.0 Å². The molecule has 3 amide bonds. The lowest BCUT2D eigenvalue weighted by molar-refractivity contribution is 0.0773. The Morgan fingerprint density at radius 1 is 1.10 bits per heavy atom. The van der Waals surface area contributed by atoms with E-state index in [1.54, 1.807) is 23.1 Å². The molecule has 30 heavy (non-hydrogen) atoms. The summed E-state index contributed by atoms with van der Waals surface area (Å²) in [5.74, 6) is -0.161. The molecule has 0 aliphatic carbocycles. The third kappa shape index (κ3) is 5.63. The minimum atomic E-state index is -0.609. The van der Waals surface area contributed by atoms with Crippen LogP contribution < -0.4 is 10.6 Å². The molecule has 2 aromatic rings. The topological polar surface area (TPSA) is 61.4 Å². The number of allylic oxidation sites excluding steroid dienone is 1. The molecule has 2 rings (SSSR count). The van der Waals surface area contributed by atoms with Crippen molar-refractivity contribution in [3.8, 4) is 0 Å². The monoisotopic (exact) mass is 427 g/mol. The van der Waals surface area contributed by atoms with Crippen molar-refractivity contribution in [2.45, 2.75) is 40.2 Å². The maximum atomic E-state index is 12.7. The Balaban J connectivity index is 2.18. The first-order chi connectivity index (χ1) is 14.1. The van der Waals surface area contributed by atoms with Crippen LogP contribution in [-0.2, 0) is 5.54 Å². The van der Waals surface area contributed by atoms with Gasteiger partial charge in [-0.05, 0) is 70.0 Å². The van der Waals surface area contributed by atoms with Gasteiger partial charge in [0, 0.05) is 18.8 Å². The summed E-state index contributed by atoms with van der Waals surface area (Å²) in [6.07, 6.45) is 0. The molecule has 2 aromatic carbocycles. The number of rotatable bonds is 7. The third-order valence-electron chi connectivity index (χ3n) is 5.01. The van der Waals surface area contributed by atoms with E-state index in [0.29, 0.717) is 29.4 Å². The molecule has 5 nitrogen and oxygen atoms in total. The molecular weight excluding hydrogens is 398 g/mol. The van der Waals surface area contributed by atoms with Gasteiger partial charge < -0.3 is 15.5 Å². The van der Waals surface area contributed by atoms with Crippen LogP contribution in [0.2, 0.25) is 5.02 Å². The summed E-state index contributed by atoms with van der Waals surface area (Å²) in [6, 6.07) is 12.5. The van der Waals surface area contributed by atoms with Crippen molar-refractivity contribution >= 4 is 34.8 Å². The van der Waals surface area contributed by atoms with Crippen LogP contribution in [0.4, 0.5) is 10.5 Å².